The Morgan fingerprint density at radius 3 is 2.21 bits per heavy atom. The molecule has 200 valence electrons. The van der Waals surface area contributed by atoms with E-state index in [0.29, 0.717) is 32.7 Å². The lowest BCUT2D eigenvalue weighted by atomic mass is 9.89. The predicted molar refractivity (Wildman–Crippen MR) is 146 cm³/mol. The fraction of sp³-hybridized carbons (Fsp3) is 0.387. The van der Waals surface area contributed by atoms with Crippen LogP contribution in [0.25, 0.3) is 11.1 Å². The Morgan fingerprint density at radius 2 is 1.63 bits per heavy atom. The third kappa shape index (κ3) is 5.22. The quantitative estimate of drug-likeness (QED) is 0.393. The first-order valence-corrected chi connectivity index (χ1v) is 13.1. The second-order valence-corrected chi connectivity index (χ2v) is 10.1. The van der Waals surface area contributed by atoms with Gasteiger partial charge in [-0.05, 0) is 71.8 Å². The van der Waals surface area contributed by atoms with Gasteiger partial charge < -0.3 is 29.4 Å². The number of nitrogens with one attached hydrogen (secondary N) is 1. The summed E-state index contributed by atoms with van der Waals surface area (Å²) >= 11 is 0. The highest BCUT2D eigenvalue weighted by Gasteiger charge is 2.40. The molecule has 0 aromatic heterocycles. The van der Waals surface area contributed by atoms with Gasteiger partial charge in [-0.25, -0.2) is 4.79 Å². The smallest absolute Gasteiger partial charge is 0.329 e. The zero-order valence-electron chi connectivity index (χ0n) is 22.2. The zero-order chi connectivity index (χ0) is 26.7. The lowest BCUT2D eigenvalue weighted by molar-refractivity contribution is -0.145. The van der Waals surface area contributed by atoms with E-state index in [0.717, 1.165) is 52.3 Å². The van der Waals surface area contributed by atoms with Crippen LogP contribution in [0.4, 0.5) is 5.69 Å². The SMILES string of the molecule is COc1cc(-c2ccc(NC3(C(=O)O)CCOCC3)cc2COC2Cc3ccccc3C2)cc(OC)c1C. The molecule has 1 aliphatic carbocycles. The van der Waals surface area contributed by atoms with Crippen molar-refractivity contribution < 1.29 is 28.8 Å². The van der Waals surface area contributed by atoms with Crippen molar-refractivity contribution in [1.82, 2.24) is 0 Å². The van der Waals surface area contributed by atoms with Crippen LogP contribution in [0.5, 0.6) is 11.5 Å². The monoisotopic (exact) mass is 517 g/mol. The Morgan fingerprint density at radius 1 is 1.00 bits per heavy atom. The van der Waals surface area contributed by atoms with Crippen molar-refractivity contribution in [3.05, 3.63) is 76.9 Å². The molecule has 3 aromatic carbocycles. The number of hydrogen-bond donors (Lipinski definition) is 2. The number of rotatable bonds is 9. The summed E-state index contributed by atoms with van der Waals surface area (Å²) in [5, 5.41) is 13.4. The molecule has 0 amide bonds. The third-order valence-electron chi connectivity index (χ3n) is 7.80. The van der Waals surface area contributed by atoms with Gasteiger partial charge in [-0.2, -0.15) is 0 Å². The summed E-state index contributed by atoms with van der Waals surface area (Å²) in [5.41, 5.74) is 6.20. The Balaban J connectivity index is 1.48. The number of ether oxygens (including phenoxy) is 4. The number of carboxylic acid groups (broad SMARTS) is 1. The largest absolute Gasteiger partial charge is 0.496 e. The molecule has 0 bridgehead atoms. The molecule has 1 aliphatic heterocycles. The van der Waals surface area contributed by atoms with E-state index in [9.17, 15) is 9.90 Å². The number of benzene rings is 3. The normalized spacial score (nSPS) is 16.6. The van der Waals surface area contributed by atoms with Crippen molar-refractivity contribution in [3.8, 4) is 22.6 Å². The Labute approximate surface area is 223 Å². The number of methoxy groups -OCH3 is 2. The van der Waals surface area contributed by atoms with E-state index in [-0.39, 0.29) is 6.10 Å². The van der Waals surface area contributed by atoms with E-state index < -0.39 is 11.5 Å². The second kappa shape index (κ2) is 11.1. The van der Waals surface area contributed by atoms with Gasteiger partial charge in [-0.3, -0.25) is 0 Å². The minimum Gasteiger partial charge on any atom is -0.496 e. The van der Waals surface area contributed by atoms with Crippen LogP contribution in [-0.2, 0) is 33.7 Å². The van der Waals surface area contributed by atoms with Gasteiger partial charge in [-0.15, -0.1) is 0 Å². The number of fused-ring (bicyclic) bond motifs is 1. The molecular weight excluding hydrogens is 482 g/mol. The van der Waals surface area contributed by atoms with E-state index in [2.05, 4.69) is 29.6 Å². The summed E-state index contributed by atoms with van der Waals surface area (Å²) in [6.45, 7) is 3.19. The summed E-state index contributed by atoms with van der Waals surface area (Å²) in [6, 6.07) is 18.4. The molecule has 0 unspecified atom stereocenters. The highest BCUT2D eigenvalue weighted by molar-refractivity contribution is 5.83. The summed E-state index contributed by atoms with van der Waals surface area (Å²) < 4.78 is 23.2. The number of hydrogen-bond acceptors (Lipinski definition) is 6. The maximum atomic E-state index is 12.3. The molecule has 7 heteroatoms. The van der Waals surface area contributed by atoms with Gasteiger partial charge in [-0.1, -0.05) is 30.3 Å². The summed E-state index contributed by atoms with van der Waals surface area (Å²) in [6.07, 6.45) is 2.68. The molecule has 7 nitrogen and oxygen atoms in total. The van der Waals surface area contributed by atoms with Crippen LogP contribution in [-0.4, -0.2) is 50.2 Å². The van der Waals surface area contributed by atoms with Crippen molar-refractivity contribution in [3.63, 3.8) is 0 Å². The summed E-state index contributed by atoms with van der Waals surface area (Å²) in [5.74, 6) is 0.623. The van der Waals surface area contributed by atoms with Gasteiger partial charge in [0, 0.05) is 37.3 Å². The van der Waals surface area contributed by atoms with Crippen LogP contribution in [0, 0.1) is 6.92 Å². The maximum Gasteiger partial charge on any atom is 0.329 e. The van der Waals surface area contributed by atoms with Gasteiger partial charge in [0.25, 0.3) is 0 Å². The molecular formula is C31H35NO6. The second-order valence-electron chi connectivity index (χ2n) is 10.1. The molecule has 0 radical (unpaired) electrons. The number of carboxylic acids is 1. The van der Waals surface area contributed by atoms with Crippen molar-refractivity contribution in [2.45, 2.75) is 50.9 Å². The lowest BCUT2D eigenvalue weighted by Gasteiger charge is -2.35. The van der Waals surface area contributed by atoms with Crippen LogP contribution in [0.1, 0.15) is 35.1 Å². The number of aliphatic carboxylic acids is 1. The zero-order valence-corrected chi connectivity index (χ0v) is 22.2. The average molecular weight is 518 g/mol. The molecule has 1 saturated heterocycles. The molecule has 1 fully saturated rings. The molecule has 38 heavy (non-hydrogen) atoms. The third-order valence-corrected chi connectivity index (χ3v) is 7.80. The van der Waals surface area contributed by atoms with Crippen LogP contribution < -0.4 is 14.8 Å². The Hall–Kier alpha value is -3.55. The van der Waals surface area contributed by atoms with Gasteiger partial charge in [0.1, 0.15) is 17.0 Å². The average Bonchev–Trinajstić information content (AvgIpc) is 3.36. The molecule has 0 spiro atoms. The minimum atomic E-state index is -1.05. The van der Waals surface area contributed by atoms with E-state index in [1.54, 1.807) is 14.2 Å². The first-order valence-electron chi connectivity index (χ1n) is 13.1. The minimum absolute atomic E-state index is 0.0970. The lowest BCUT2D eigenvalue weighted by Crippen LogP contribution is -2.50. The van der Waals surface area contributed by atoms with E-state index in [1.807, 2.05) is 37.3 Å². The summed E-state index contributed by atoms with van der Waals surface area (Å²) in [7, 11) is 3.30. The van der Waals surface area contributed by atoms with Gasteiger partial charge in [0.2, 0.25) is 0 Å². The van der Waals surface area contributed by atoms with E-state index in [4.69, 9.17) is 18.9 Å². The van der Waals surface area contributed by atoms with Crippen LogP contribution in [0.2, 0.25) is 0 Å². The molecule has 0 saturated carbocycles. The van der Waals surface area contributed by atoms with E-state index >= 15 is 0 Å². The highest BCUT2D eigenvalue weighted by Crippen LogP contribution is 2.38. The first-order chi connectivity index (χ1) is 18.4. The number of anilines is 1. The van der Waals surface area contributed by atoms with Crippen molar-refractivity contribution in [2.24, 2.45) is 0 Å². The van der Waals surface area contributed by atoms with Crippen LogP contribution >= 0.6 is 0 Å². The molecule has 0 atom stereocenters. The first kappa shape index (κ1) is 26.1. The van der Waals surface area contributed by atoms with Crippen LogP contribution in [0.15, 0.2) is 54.6 Å². The van der Waals surface area contributed by atoms with Gasteiger partial charge >= 0.3 is 5.97 Å². The van der Waals surface area contributed by atoms with Crippen molar-refractivity contribution in [1.29, 1.82) is 0 Å². The molecule has 2 aliphatic rings. The van der Waals surface area contributed by atoms with Crippen LogP contribution in [0.3, 0.4) is 0 Å². The molecule has 1 heterocycles. The standard InChI is InChI=1S/C31H35NO6/c1-20-28(35-2)17-23(18-29(20)36-3)27-9-8-25(32-31(30(33)34)10-12-37-13-11-31)14-24(27)19-38-26-15-21-6-4-5-7-22(21)16-26/h4-9,14,17-18,26,32H,10-13,15-16,19H2,1-3H3,(H,33,34). The molecule has 5 rings (SSSR count). The fourth-order valence-electron chi connectivity index (χ4n) is 5.55. The maximum absolute atomic E-state index is 12.3. The van der Waals surface area contributed by atoms with Gasteiger partial charge in [0.15, 0.2) is 0 Å². The van der Waals surface area contributed by atoms with E-state index in [1.165, 1.54) is 11.1 Å². The Kier molecular flexibility index (Phi) is 7.58. The molecule has 3 aromatic rings. The fourth-order valence-corrected chi connectivity index (χ4v) is 5.55. The summed E-state index contributed by atoms with van der Waals surface area (Å²) in [4.78, 5) is 12.3. The van der Waals surface area contributed by atoms with Gasteiger partial charge in [0.05, 0.1) is 26.9 Å². The highest BCUT2D eigenvalue weighted by atomic mass is 16.5. The molecule has 2 N–H and O–H groups in total. The van der Waals surface area contributed by atoms with Crippen molar-refractivity contribution in [2.75, 3.05) is 32.8 Å². The topological polar surface area (TPSA) is 86.3 Å². The van der Waals surface area contributed by atoms with Crippen molar-refractivity contribution >= 4 is 11.7 Å². The predicted octanol–water partition coefficient (Wildman–Crippen LogP) is 5.41. The Bertz CT molecular complexity index is 1260. The number of carbonyl (C=O) groups is 1.